The molecule has 0 aliphatic heterocycles. The first-order valence-corrected chi connectivity index (χ1v) is 7.58. The average molecular weight is 363 g/mol. The third-order valence-electron chi connectivity index (χ3n) is 3.37. The van der Waals surface area contributed by atoms with Crippen molar-refractivity contribution in [3.8, 4) is 11.6 Å². The van der Waals surface area contributed by atoms with Gasteiger partial charge in [-0.1, -0.05) is 11.6 Å². The summed E-state index contributed by atoms with van der Waals surface area (Å²) >= 11 is 5.98. The van der Waals surface area contributed by atoms with Gasteiger partial charge >= 0.3 is 0 Å². The van der Waals surface area contributed by atoms with E-state index in [4.69, 9.17) is 22.1 Å². The van der Waals surface area contributed by atoms with E-state index in [9.17, 15) is 8.78 Å². The van der Waals surface area contributed by atoms with E-state index in [0.717, 1.165) is 23.8 Å². The Morgan fingerprint density at radius 2 is 1.92 bits per heavy atom. The molecular formula is C17H13ClF2N4O. The van der Waals surface area contributed by atoms with Gasteiger partial charge in [0.15, 0.2) is 5.82 Å². The Labute approximate surface area is 147 Å². The summed E-state index contributed by atoms with van der Waals surface area (Å²) in [4.78, 5) is 7.91. The van der Waals surface area contributed by atoms with Gasteiger partial charge in [0.1, 0.15) is 29.4 Å². The Morgan fingerprint density at radius 3 is 2.68 bits per heavy atom. The minimum atomic E-state index is -0.643. The Morgan fingerprint density at radius 1 is 1.12 bits per heavy atom. The summed E-state index contributed by atoms with van der Waals surface area (Å²) in [7, 11) is 0. The second kappa shape index (κ2) is 6.90. The summed E-state index contributed by atoms with van der Waals surface area (Å²) in [6.07, 6.45) is 1.20. The van der Waals surface area contributed by atoms with Gasteiger partial charge in [-0.05, 0) is 42.8 Å². The first kappa shape index (κ1) is 16.9. The van der Waals surface area contributed by atoms with Gasteiger partial charge in [-0.25, -0.2) is 13.8 Å². The Hall–Kier alpha value is -2.93. The predicted octanol–water partition coefficient (Wildman–Crippen LogP) is 4.83. The van der Waals surface area contributed by atoms with Gasteiger partial charge in [0.25, 0.3) is 0 Å². The molecule has 128 valence electrons. The number of halogens is 3. The number of rotatable bonds is 4. The average Bonchev–Trinajstić information content (AvgIpc) is 2.58. The molecule has 8 heteroatoms. The van der Waals surface area contributed by atoms with Crippen molar-refractivity contribution in [2.75, 3.05) is 11.1 Å². The van der Waals surface area contributed by atoms with Crippen molar-refractivity contribution in [1.29, 1.82) is 0 Å². The molecule has 0 fully saturated rings. The first-order chi connectivity index (χ1) is 11.9. The van der Waals surface area contributed by atoms with Crippen LogP contribution in [0.2, 0.25) is 5.02 Å². The van der Waals surface area contributed by atoms with Gasteiger partial charge in [0.05, 0.1) is 5.69 Å². The van der Waals surface area contributed by atoms with E-state index in [-0.39, 0.29) is 23.1 Å². The van der Waals surface area contributed by atoms with Crippen molar-refractivity contribution in [2.45, 2.75) is 6.92 Å². The maximum atomic E-state index is 13.8. The van der Waals surface area contributed by atoms with Crippen LogP contribution in [0.25, 0.3) is 0 Å². The van der Waals surface area contributed by atoms with Crippen molar-refractivity contribution in [3.63, 3.8) is 0 Å². The van der Waals surface area contributed by atoms with Crippen LogP contribution in [0.5, 0.6) is 11.6 Å². The third kappa shape index (κ3) is 3.77. The number of nitrogens with zero attached hydrogens (tertiary/aromatic N) is 2. The molecule has 0 saturated heterocycles. The minimum absolute atomic E-state index is 0.0544. The normalized spacial score (nSPS) is 10.6. The number of nitrogen functional groups attached to an aromatic ring is 1. The molecule has 0 atom stereocenters. The molecule has 0 aliphatic carbocycles. The van der Waals surface area contributed by atoms with E-state index in [2.05, 4.69) is 15.3 Å². The van der Waals surface area contributed by atoms with E-state index in [1.54, 1.807) is 18.2 Å². The summed E-state index contributed by atoms with van der Waals surface area (Å²) in [5.74, 6) is -0.578. The second-order valence-corrected chi connectivity index (χ2v) is 5.61. The standard InChI is InChI=1S/C17H13ClF2N4O/c1-9-6-11(3-4-12(9)18)25-17-15(21)16(22-8-23-17)24-14-7-10(19)2-5-13(14)20/h2-8H,21H2,1H3,(H,22,23,24). The van der Waals surface area contributed by atoms with Gasteiger partial charge in [0.2, 0.25) is 5.88 Å². The molecule has 3 N–H and O–H groups in total. The van der Waals surface area contributed by atoms with E-state index >= 15 is 0 Å². The zero-order chi connectivity index (χ0) is 18.0. The van der Waals surface area contributed by atoms with Crippen LogP contribution >= 0.6 is 11.6 Å². The molecule has 0 saturated carbocycles. The van der Waals surface area contributed by atoms with Gasteiger partial charge in [0, 0.05) is 11.1 Å². The molecule has 1 aromatic heterocycles. The maximum absolute atomic E-state index is 13.8. The fraction of sp³-hybridized carbons (Fsp3) is 0.0588. The number of nitrogens with two attached hydrogens (primary N) is 1. The van der Waals surface area contributed by atoms with Crippen LogP contribution in [-0.4, -0.2) is 9.97 Å². The summed E-state index contributed by atoms with van der Waals surface area (Å²) < 4.78 is 32.7. The molecule has 5 nitrogen and oxygen atoms in total. The molecule has 1 heterocycles. The van der Waals surface area contributed by atoms with Gasteiger partial charge < -0.3 is 15.8 Å². The Balaban J connectivity index is 1.89. The number of aryl methyl sites for hydroxylation is 1. The van der Waals surface area contributed by atoms with Crippen molar-refractivity contribution in [1.82, 2.24) is 9.97 Å². The van der Waals surface area contributed by atoms with Crippen molar-refractivity contribution in [2.24, 2.45) is 0 Å². The van der Waals surface area contributed by atoms with Crippen LogP contribution in [0, 0.1) is 18.6 Å². The molecular weight excluding hydrogens is 350 g/mol. The molecule has 3 aromatic rings. The Bertz CT molecular complexity index is 937. The van der Waals surface area contributed by atoms with Crippen LogP contribution in [0.4, 0.5) is 26.0 Å². The highest BCUT2D eigenvalue weighted by molar-refractivity contribution is 6.31. The molecule has 2 aromatic carbocycles. The highest BCUT2D eigenvalue weighted by atomic mass is 35.5. The lowest BCUT2D eigenvalue weighted by molar-refractivity contribution is 0.464. The molecule has 0 bridgehead atoms. The maximum Gasteiger partial charge on any atom is 0.248 e. The number of anilines is 3. The van der Waals surface area contributed by atoms with Gasteiger partial charge in [-0.15, -0.1) is 0 Å². The lowest BCUT2D eigenvalue weighted by Crippen LogP contribution is -2.04. The lowest BCUT2D eigenvalue weighted by atomic mass is 10.2. The molecule has 0 aliphatic rings. The van der Waals surface area contributed by atoms with Crippen LogP contribution in [-0.2, 0) is 0 Å². The highest BCUT2D eigenvalue weighted by Gasteiger charge is 2.13. The van der Waals surface area contributed by atoms with Crippen LogP contribution in [0.1, 0.15) is 5.56 Å². The molecule has 0 radical (unpaired) electrons. The number of nitrogens with one attached hydrogen (secondary N) is 1. The van der Waals surface area contributed by atoms with Crippen molar-refractivity contribution < 1.29 is 13.5 Å². The Kier molecular flexibility index (Phi) is 4.67. The second-order valence-electron chi connectivity index (χ2n) is 5.20. The largest absolute Gasteiger partial charge is 0.437 e. The van der Waals surface area contributed by atoms with Crippen LogP contribution in [0.15, 0.2) is 42.7 Å². The molecule has 3 rings (SSSR count). The number of hydrogen-bond acceptors (Lipinski definition) is 5. The van der Waals surface area contributed by atoms with E-state index in [1.807, 2.05) is 6.92 Å². The monoisotopic (exact) mass is 362 g/mol. The molecule has 25 heavy (non-hydrogen) atoms. The highest BCUT2D eigenvalue weighted by Crippen LogP contribution is 2.32. The van der Waals surface area contributed by atoms with E-state index in [1.165, 1.54) is 6.33 Å². The van der Waals surface area contributed by atoms with Gasteiger partial charge in [-0.2, -0.15) is 4.98 Å². The molecule has 0 amide bonds. The van der Waals surface area contributed by atoms with E-state index in [0.29, 0.717) is 10.8 Å². The zero-order valence-corrected chi connectivity index (χ0v) is 13.8. The number of hydrogen-bond donors (Lipinski definition) is 2. The van der Waals surface area contributed by atoms with E-state index < -0.39 is 11.6 Å². The number of ether oxygens (including phenoxy) is 1. The van der Waals surface area contributed by atoms with Crippen LogP contribution < -0.4 is 15.8 Å². The van der Waals surface area contributed by atoms with Crippen molar-refractivity contribution >= 4 is 28.8 Å². The predicted molar refractivity (Wildman–Crippen MR) is 92.3 cm³/mol. The minimum Gasteiger partial charge on any atom is -0.437 e. The van der Waals surface area contributed by atoms with Crippen LogP contribution in [0.3, 0.4) is 0 Å². The van der Waals surface area contributed by atoms with Crippen molar-refractivity contribution in [3.05, 3.63) is 64.9 Å². The first-order valence-electron chi connectivity index (χ1n) is 7.20. The molecule has 0 unspecified atom stereocenters. The number of benzene rings is 2. The number of aromatic nitrogens is 2. The topological polar surface area (TPSA) is 73.1 Å². The summed E-state index contributed by atoms with van der Waals surface area (Å²) in [6, 6.07) is 8.09. The summed E-state index contributed by atoms with van der Waals surface area (Å²) in [6.45, 7) is 1.83. The fourth-order valence-corrected chi connectivity index (χ4v) is 2.19. The lowest BCUT2D eigenvalue weighted by Gasteiger charge is -2.12. The summed E-state index contributed by atoms with van der Waals surface area (Å²) in [5.41, 5.74) is 6.76. The SMILES string of the molecule is Cc1cc(Oc2ncnc(Nc3cc(F)ccc3F)c2N)ccc1Cl. The zero-order valence-electron chi connectivity index (χ0n) is 13.1. The van der Waals surface area contributed by atoms with Gasteiger partial charge in [-0.3, -0.25) is 0 Å². The fourth-order valence-electron chi connectivity index (χ4n) is 2.07. The summed E-state index contributed by atoms with van der Waals surface area (Å²) in [5, 5.41) is 3.24. The molecule has 0 spiro atoms. The smallest absolute Gasteiger partial charge is 0.248 e. The quantitative estimate of drug-likeness (QED) is 0.695. The third-order valence-corrected chi connectivity index (χ3v) is 3.80.